The van der Waals surface area contributed by atoms with Crippen LogP contribution in [-0.4, -0.2) is 47.3 Å². The lowest BCUT2D eigenvalue weighted by Gasteiger charge is -2.27. The van der Waals surface area contributed by atoms with Crippen molar-refractivity contribution < 1.29 is 19.4 Å². The SMILES string of the molecule is O=C(O)C[C@@H]1[C@@H](NC(=O)OCC2c3ccccc3-c3ccccc32)CCN1Cc1ccccc1. The fourth-order valence-electron chi connectivity index (χ4n) is 5.34. The smallest absolute Gasteiger partial charge is 0.407 e. The predicted octanol–water partition coefficient (Wildman–Crippen LogP) is 4.64. The van der Waals surface area contributed by atoms with Gasteiger partial charge < -0.3 is 15.2 Å². The van der Waals surface area contributed by atoms with Crippen LogP contribution in [0.5, 0.6) is 0 Å². The van der Waals surface area contributed by atoms with Crippen LogP contribution < -0.4 is 5.32 Å². The highest BCUT2D eigenvalue weighted by molar-refractivity contribution is 5.79. The van der Waals surface area contributed by atoms with E-state index in [1.807, 2.05) is 54.6 Å². The molecule has 0 bridgehead atoms. The summed E-state index contributed by atoms with van der Waals surface area (Å²) in [6, 6.07) is 25.9. The van der Waals surface area contributed by atoms with Gasteiger partial charge in [0.25, 0.3) is 0 Å². The lowest BCUT2D eigenvalue weighted by molar-refractivity contribution is -0.138. The topological polar surface area (TPSA) is 78.9 Å². The number of aliphatic carboxylic acids is 1. The Bertz CT molecular complexity index is 1130. The maximum Gasteiger partial charge on any atom is 0.407 e. The van der Waals surface area contributed by atoms with Crippen molar-refractivity contribution in [3.8, 4) is 11.1 Å². The predicted molar refractivity (Wildman–Crippen MR) is 130 cm³/mol. The third-order valence-electron chi connectivity index (χ3n) is 6.92. The van der Waals surface area contributed by atoms with Gasteiger partial charge in [0.15, 0.2) is 0 Å². The number of nitrogens with one attached hydrogen (secondary N) is 1. The van der Waals surface area contributed by atoms with Gasteiger partial charge in [-0.25, -0.2) is 4.79 Å². The van der Waals surface area contributed by atoms with Crippen molar-refractivity contribution in [2.45, 2.75) is 37.4 Å². The minimum atomic E-state index is -0.871. The molecule has 2 aliphatic rings. The standard InChI is InChI=1S/C28H28N2O4/c31-27(32)16-26-25(14-15-30(26)17-19-8-2-1-3-9-19)29-28(33)34-18-24-22-12-6-4-10-20(22)21-11-5-7-13-23(21)24/h1-13,24-26H,14-18H2,(H,29,33)(H,31,32)/t25-,26+/m0/s1. The molecule has 1 fully saturated rings. The number of rotatable bonds is 7. The van der Waals surface area contributed by atoms with Gasteiger partial charge in [0.2, 0.25) is 0 Å². The number of ether oxygens (including phenoxy) is 1. The molecule has 1 amide bonds. The van der Waals surface area contributed by atoms with E-state index in [0.717, 1.165) is 23.2 Å². The molecule has 0 aromatic heterocycles. The molecule has 0 spiro atoms. The number of carbonyl (C=O) groups excluding carboxylic acids is 1. The number of benzene rings is 3. The van der Waals surface area contributed by atoms with E-state index in [2.05, 4.69) is 34.5 Å². The molecule has 34 heavy (non-hydrogen) atoms. The van der Waals surface area contributed by atoms with Crippen LogP contribution in [0.3, 0.4) is 0 Å². The Kier molecular flexibility index (Phi) is 6.32. The van der Waals surface area contributed by atoms with E-state index >= 15 is 0 Å². The van der Waals surface area contributed by atoms with Crippen molar-refractivity contribution in [3.63, 3.8) is 0 Å². The van der Waals surface area contributed by atoms with Gasteiger partial charge in [-0.3, -0.25) is 9.69 Å². The van der Waals surface area contributed by atoms with Crippen LogP contribution in [0.1, 0.15) is 35.4 Å². The zero-order valence-electron chi connectivity index (χ0n) is 18.9. The van der Waals surface area contributed by atoms with Gasteiger partial charge in [-0.05, 0) is 34.2 Å². The third-order valence-corrected chi connectivity index (χ3v) is 6.92. The highest BCUT2D eigenvalue weighted by Crippen LogP contribution is 2.44. The molecule has 3 aromatic rings. The summed E-state index contributed by atoms with van der Waals surface area (Å²) in [6.45, 7) is 1.62. The van der Waals surface area contributed by atoms with Crippen molar-refractivity contribution in [2.75, 3.05) is 13.2 Å². The van der Waals surface area contributed by atoms with Crippen LogP contribution in [0.4, 0.5) is 4.79 Å². The molecule has 0 unspecified atom stereocenters. The number of amides is 1. The van der Waals surface area contributed by atoms with E-state index in [0.29, 0.717) is 13.0 Å². The molecule has 174 valence electrons. The first-order valence-electron chi connectivity index (χ1n) is 11.7. The maximum atomic E-state index is 12.8. The number of likely N-dealkylation sites (tertiary alicyclic amines) is 1. The van der Waals surface area contributed by atoms with Gasteiger partial charge in [0.1, 0.15) is 6.61 Å². The summed E-state index contributed by atoms with van der Waals surface area (Å²) in [6.07, 6.45) is 0.166. The fraction of sp³-hybridized carbons (Fsp3) is 0.286. The molecule has 2 N–H and O–H groups in total. The number of fused-ring (bicyclic) bond motifs is 3. The van der Waals surface area contributed by atoms with E-state index in [1.165, 1.54) is 11.1 Å². The molecule has 1 heterocycles. The minimum absolute atomic E-state index is 0.00822. The third kappa shape index (κ3) is 4.54. The van der Waals surface area contributed by atoms with E-state index < -0.39 is 12.1 Å². The molecule has 6 nitrogen and oxygen atoms in total. The molecule has 1 saturated heterocycles. The van der Waals surface area contributed by atoms with E-state index in [1.54, 1.807) is 0 Å². The van der Waals surface area contributed by atoms with Gasteiger partial charge >= 0.3 is 12.1 Å². The number of hydrogen-bond acceptors (Lipinski definition) is 4. The lowest BCUT2D eigenvalue weighted by Crippen LogP contribution is -2.46. The Morgan fingerprint density at radius 3 is 2.18 bits per heavy atom. The summed E-state index contributed by atoms with van der Waals surface area (Å²) in [4.78, 5) is 26.5. The van der Waals surface area contributed by atoms with Crippen molar-refractivity contribution in [1.82, 2.24) is 10.2 Å². The number of carboxylic acid groups (broad SMARTS) is 1. The summed E-state index contributed by atoms with van der Waals surface area (Å²) < 4.78 is 5.69. The van der Waals surface area contributed by atoms with E-state index in [4.69, 9.17) is 4.74 Å². The monoisotopic (exact) mass is 456 g/mol. The minimum Gasteiger partial charge on any atom is -0.481 e. The molecule has 0 radical (unpaired) electrons. The number of nitrogens with zero attached hydrogens (tertiary/aromatic N) is 1. The fourth-order valence-corrected chi connectivity index (χ4v) is 5.34. The van der Waals surface area contributed by atoms with E-state index in [9.17, 15) is 14.7 Å². The van der Waals surface area contributed by atoms with Crippen LogP contribution in [0.2, 0.25) is 0 Å². The first kappa shape index (κ1) is 22.2. The maximum absolute atomic E-state index is 12.8. The van der Waals surface area contributed by atoms with Crippen molar-refractivity contribution in [2.24, 2.45) is 0 Å². The van der Waals surface area contributed by atoms with Crippen molar-refractivity contribution >= 4 is 12.1 Å². The molecule has 6 heteroatoms. The highest BCUT2D eigenvalue weighted by atomic mass is 16.5. The van der Waals surface area contributed by atoms with Gasteiger partial charge in [-0.15, -0.1) is 0 Å². The van der Waals surface area contributed by atoms with Gasteiger partial charge in [-0.1, -0.05) is 78.9 Å². The molecule has 0 saturated carbocycles. The Morgan fingerprint density at radius 1 is 0.912 bits per heavy atom. The summed E-state index contributed by atoms with van der Waals surface area (Å²) in [7, 11) is 0. The van der Waals surface area contributed by atoms with Crippen LogP contribution in [0.25, 0.3) is 11.1 Å². The second-order valence-corrected chi connectivity index (χ2v) is 8.99. The zero-order chi connectivity index (χ0) is 23.5. The quantitative estimate of drug-likeness (QED) is 0.541. The lowest BCUT2D eigenvalue weighted by atomic mass is 9.98. The van der Waals surface area contributed by atoms with Crippen molar-refractivity contribution in [1.29, 1.82) is 0 Å². The van der Waals surface area contributed by atoms with Crippen LogP contribution >= 0.6 is 0 Å². The first-order chi connectivity index (χ1) is 16.6. The summed E-state index contributed by atoms with van der Waals surface area (Å²) >= 11 is 0. The van der Waals surface area contributed by atoms with Gasteiger partial charge in [0.05, 0.1) is 6.42 Å². The molecule has 1 aliphatic heterocycles. The second kappa shape index (κ2) is 9.69. The summed E-state index contributed by atoms with van der Waals surface area (Å²) in [5.74, 6) is -0.879. The van der Waals surface area contributed by atoms with Gasteiger partial charge in [-0.2, -0.15) is 0 Å². The number of alkyl carbamates (subject to hydrolysis) is 1. The zero-order valence-corrected chi connectivity index (χ0v) is 18.9. The average molecular weight is 457 g/mol. The molecule has 2 atom stereocenters. The Balaban J connectivity index is 1.24. The van der Waals surface area contributed by atoms with Gasteiger partial charge in [0, 0.05) is 31.1 Å². The molecular formula is C28H28N2O4. The number of hydrogen-bond donors (Lipinski definition) is 2. The Morgan fingerprint density at radius 2 is 1.53 bits per heavy atom. The normalized spacial score (nSPS) is 19.4. The molecule has 3 aromatic carbocycles. The first-order valence-corrected chi connectivity index (χ1v) is 11.7. The second-order valence-electron chi connectivity index (χ2n) is 8.99. The van der Waals surface area contributed by atoms with Crippen LogP contribution in [0.15, 0.2) is 78.9 Å². The Labute approximate surface area is 199 Å². The average Bonchev–Trinajstić information content (AvgIpc) is 3.36. The summed E-state index contributed by atoms with van der Waals surface area (Å²) in [5.41, 5.74) is 5.81. The molecule has 5 rings (SSSR count). The largest absolute Gasteiger partial charge is 0.481 e. The number of carbonyl (C=O) groups is 2. The highest BCUT2D eigenvalue weighted by Gasteiger charge is 2.37. The van der Waals surface area contributed by atoms with Crippen LogP contribution in [-0.2, 0) is 16.1 Å². The molecular weight excluding hydrogens is 428 g/mol. The summed E-state index contributed by atoms with van der Waals surface area (Å²) in [5, 5.41) is 12.4. The Hall–Kier alpha value is -3.64. The number of carboxylic acids is 1. The molecule has 1 aliphatic carbocycles. The van der Waals surface area contributed by atoms with E-state index in [-0.39, 0.29) is 31.0 Å². The van der Waals surface area contributed by atoms with Crippen LogP contribution in [0, 0.1) is 0 Å². The van der Waals surface area contributed by atoms with Crippen molar-refractivity contribution in [3.05, 3.63) is 95.6 Å².